The lowest BCUT2D eigenvalue weighted by Gasteiger charge is -2.03. The van der Waals surface area contributed by atoms with Crippen LogP contribution in [0.5, 0.6) is 0 Å². The highest BCUT2D eigenvalue weighted by Crippen LogP contribution is 2.04. The number of nitrogens with two attached hydrogens (primary N) is 1. The summed E-state index contributed by atoms with van der Waals surface area (Å²) in [7, 11) is -1.42. The first kappa shape index (κ1) is 11.2. The molecule has 4 nitrogen and oxygen atoms in total. The molecule has 0 atom stereocenters. The van der Waals surface area contributed by atoms with Gasteiger partial charge in [-0.3, -0.25) is 0 Å². The van der Waals surface area contributed by atoms with Gasteiger partial charge in [0.2, 0.25) is 0 Å². The Morgan fingerprint density at radius 1 is 1.40 bits per heavy atom. The first-order chi connectivity index (χ1) is 6.92. The normalized spacial score (nSPS) is 10.0. The van der Waals surface area contributed by atoms with E-state index in [9.17, 15) is 0 Å². The first-order valence-corrected chi connectivity index (χ1v) is 7.98. The van der Waals surface area contributed by atoms with Crippen molar-refractivity contribution >= 4 is 13.9 Å². The summed E-state index contributed by atoms with van der Waals surface area (Å²) in [5.74, 6) is 3.07. The number of aromatic nitrogens is 2. The van der Waals surface area contributed by atoms with E-state index < -0.39 is 8.07 Å². The third-order valence-electron chi connectivity index (χ3n) is 1.47. The van der Waals surface area contributed by atoms with Crippen molar-refractivity contribution in [3.05, 3.63) is 17.6 Å². The zero-order valence-corrected chi connectivity index (χ0v) is 10.00. The summed E-state index contributed by atoms with van der Waals surface area (Å²) in [5, 5.41) is 8.70. The van der Waals surface area contributed by atoms with E-state index in [4.69, 9.17) is 11.0 Å². The minimum absolute atomic E-state index is 0.136. The predicted molar refractivity (Wildman–Crippen MR) is 61.4 cm³/mol. The van der Waals surface area contributed by atoms with Gasteiger partial charge in [0.1, 0.15) is 19.8 Å². The van der Waals surface area contributed by atoms with Crippen LogP contribution in [0.2, 0.25) is 19.6 Å². The third-order valence-corrected chi connectivity index (χ3v) is 2.35. The molecule has 0 aliphatic rings. The quantitative estimate of drug-likeness (QED) is 0.521. The molecule has 0 aliphatic carbocycles. The molecular formula is C10H12N4Si. The van der Waals surface area contributed by atoms with Gasteiger partial charge in [0.15, 0.2) is 11.5 Å². The van der Waals surface area contributed by atoms with Gasteiger partial charge in [-0.15, -0.1) is 5.54 Å². The fraction of sp³-hybridized carbons (Fsp3) is 0.300. The molecule has 0 amide bonds. The second-order valence-electron chi connectivity index (χ2n) is 4.10. The highest BCUT2D eigenvalue weighted by Gasteiger charge is 2.08. The van der Waals surface area contributed by atoms with Gasteiger partial charge in [0, 0.05) is 0 Å². The topological polar surface area (TPSA) is 75.6 Å². The summed E-state index contributed by atoms with van der Waals surface area (Å²) < 4.78 is 0. The number of hydrogen-bond donors (Lipinski definition) is 1. The molecule has 1 aromatic heterocycles. The van der Waals surface area contributed by atoms with Crippen molar-refractivity contribution in [2.75, 3.05) is 5.73 Å². The molecule has 76 valence electrons. The zero-order valence-electron chi connectivity index (χ0n) is 9.00. The lowest BCUT2D eigenvalue weighted by Crippen LogP contribution is -2.16. The first-order valence-electron chi connectivity index (χ1n) is 4.48. The number of nitriles is 1. The van der Waals surface area contributed by atoms with Crippen LogP contribution in [0.4, 0.5) is 5.82 Å². The summed E-state index contributed by atoms with van der Waals surface area (Å²) in [4.78, 5) is 7.85. The Bertz CT molecular complexity index is 471. The van der Waals surface area contributed by atoms with Gasteiger partial charge >= 0.3 is 0 Å². The number of nitrogens with zero attached hydrogens (tertiary/aromatic N) is 3. The van der Waals surface area contributed by atoms with Gasteiger partial charge < -0.3 is 5.73 Å². The van der Waals surface area contributed by atoms with E-state index in [0.717, 1.165) is 0 Å². The van der Waals surface area contributed by atoms with E-state index in [1.54, 1.807) is 0 Å². The van der Waals surface area contributed by atoms with E-state index in [0.29, 0.717) is 5.69 Å². The molecule has 2 N–H and O–H groups in total. The monoisotopic (exact) mass is 216 g/mol. The van der Waals surface area contributed by atoms with Crippen LogP contribution in [0.25, 0.3) is 0 Å². The Hall–Kier alpha value is -1.85. The van der Waals surface area contributed by atoms with Crippen molar-refractivity contribution < 1.29 is 0 Å². The maximum Gasteiger partial charge on any atom is 0.184 e. The van der Waals surface area contributed by atoms with E-state index in [1.807, 2.05) is 6.07 Å². The van der Waals surface area contributed by atoms with Gasteiger partial charge in [0.25, 0.3) is 0 Å². The molecule has 15 heavy (non-hydrogen) atoms. The van der Waals surface area contributed by atoms with E-state index >= 15 is 0 Å². The van der Waals surface area contributed by atoms with E-state index in [-0.39, 0.29) is 11.5 Å². The summed E-state index contributed by atoms with van der Waals surface area (Å²) in [6.45, 7) is 6.40. The van der Waals surface area contributed by atoms with E-state index in [2.05, 4.69) is 41.1 Å². The molecule has 0 aliphatic heterocycles. The van der Waals surface area contributed by atoms with Crippen LogP contribution in [0, 0.1) is 22.8 Å². The van der Waals surface area contributed by atoms with Gasteiger partial charge in [-0.25, -0.2) is 9.97 Å². The molecule has 0 aromatic carbocycles. The van der Waals surface area contributed by atoms with Crippen molar-refractivity contribution in [2.24, 2.45) is 0 Å². The number of anilines is 1. The van der Waals surface area contributed by atoms with Crippen molar-refractivity contribution in [1.29, 1.82) is 5.26 Å². The van der Waals surface area contributed by atoms with Gasteiger partial charge in [-0.2, -0.15) is 5.26 Å². The van der Waals surface area contributed by atoms with Crippen molar-refractivity contribution in [2.45, 2.75) is 19.6 Å². The van der Waals surface area contributed by atoms with Crippen molar-refractivity contribution in [1.82, 2.24) is 9.97 Å². The fourth-order valence-electron chi connectivity index (χ4n) is 0.792. The maximum atomic E-state index is 8.70. The van der Waals surface area contributed by atoms with Crippen LogP contribution in [0.3, 0.4) is 0 Å². The number of hydrogen-bond acceptors (Lipinski definition) is 4. The fourth-order valence-corrected chi connectivity index (χ4v) is 1.30. The van der Waals surface area contributed by atoms with Crippen LogP contribution >= 0.6 is 0 Å². The van der Waals surface area contributed by atoms with Crippen molar-refractivity contribution in [3.8, 4) is 17.5 Å². The minimum Gasteiger partial charge on any atom is -0.381 e. The van der Waals surface area contributed by atoms with Crippen LogP contribution in [-0.2, 0) is 0 Å². The average Bonchev–Trinajstić information content (AvgIpc) is 2.15. The predicted octanol–water partition coefficient (Wildman–Crippen LogP) is 1.16. The van der Waals surface area contributed by atoms with Gasteiger partial charge in [0.05, 0.1) is 6.20 Å². The van der Waals surface area contributed by atoms with E-state index in [1.165, 1.54) is 6.20 Å². The Morgan fingerprint density at radius 2 is 2.07 bits per heavy atom. The smallest absolute Gasteiger partial charge is 0.184 e. The molecule has 1 heterocycles. The SMILES string of the molecule is C[Si](C)(C)C#Cc1cnc(N)c(C#N)n1. The molecule has 0 saturated heterocycles. The van der Waals surface area contributed by atoms with Crippen LogP contribution < -0.4 is 5.73 Å². The molecule has 1 aromatic rings. The second-order valence-corrected chi connectivity index (χ2v) is 8.85. The van der Waals surface area contributed by atoms with Crippen LogP contribution in [-0.4, -0.2) is 18.0 Å². The lowest BCUT2D eigenvalue weighted by atomic mass is 10.4. The Kier molecular flexibility index (Phi) is 3.08. The molecule has 0 spiro atoms. The molecule has 0 unspecified atom stereocenters. The summed E-state index contributed by atoms with van der Waals surface area (Å²) >= 11 is 0. The van der Waals surface area contributed by atoms with Gasteiger partial charge in [-0.1, -0.05) is 25.6 Å². The molecule has 0 fully saturated rings. The standard InChI is InChI=1S/C10H12N4Si/c1-15(2,3)5-4-8-7-13-10(12)9(6-11)14-8/h7H,1-3H3,(H2,12,13). The third kappa shape index (κ3) is 3.41. The van der Waals surface area contributed by atoms with Crippen LogP contribution in [0.1, 0.15) is 11.4 Å². The maximum absolute atomic E-state index is 8.70. The zero-order chi connectivity index (χ0) is 11.5. The Morgan fingerprint density at radius 3 is 2.60 bits per heavy atom. The Balaban J connectivity index is 3.08. The number of rotatable bonds is 0. The molecule has 0 saturated carbocycles. The highest BCUT2D eigenvalue weighted by atomic mass is 28.3. The molecule has 0 radical (unpaired) electrons. The minimum atomic E-state index is -1.42. The highest BCUT2D eigenvalue weighted by molar-refractivity contribution is 6.83. The summed E-state index contributed by atoms with van der Waals surface area (Å²) in [5.41, 5.74) is 9.23. The van der Waals surface area contributed by atoms with Gasteiger partial charge in [-0.05, 0) is 0 Å². The largest absolute Gasteiger partial charge is 0.381 e. The van der Waals surface area contributed by atoms with Crippen molar-refractivity contribution in [3.63, 3.8) is 0 Å². The molecular weight excluding hydrogens is 204 g/mol. The molecule has 0 bridgehead atoms. The molecule has 5 heteroatoms. The average molecular weight is 216 g/mol. The summed E-state index contributed by atoms with van der Waals surface area (Å²) in [6.07, 6.45) is 1.49. The van der Waals surface area contributed by atoms with Crippen LogP contribution in [0.15, 0.2) is 6.20 Å². The molecule has 1 rings (SSSR count). The lowest BCUT2D eigenvalue weighted by molar-refractivity contribution is 1.15. The second kappa shape index (κ2) is 4.12. The number of nitrogen functional groups attached to an aromatic ring is 1. The summed E-state index contributed by atoms with van der Waals surface area (Å²) in [6, 6.07) is 1.88. The Labute approximate surface area is 90.2 Å².